The summed E-state index contributed by atoms with van der Waals surface area (Å²) in [6.07, 6.45) is 3.16. The maximum absolute atomic E-state index is 12.3. The van der Waals surface area contributed by atoms with E-state index in [4.69, 9.17) is 4.74 Å². The summed E-state index contributed by atoms with van der Waals surface area (Å²) in [5.41, 5.74) is 2.95. The second-order valence-corrected chi connectivity index (χ2v) is 5.62. The van der Waals surface area contributed by atoms with E-state index in [-0.39, 0.29) is 5.91 Å². The minimum Gasteiger partial charge on any atom is -0.497 e. The lowest BCUT2D eigenvalue weighted by atomic mass is 10.2. The third-order valence-electron chi connectivity index (χ3n) is 3.94. The highest BCUT2D eigenvalue weighted by molar-refractivity contribution is 6.04. The van der Waals surface area contributed by atoms with Crippen molar-refractivity contribution in [2.45, 2.75) is 20.8 Å². The van der Waals surface area contributed by atoms with Gasteiger partial charge in [-0.1, -0.05) is 6.07 Å². The maximum atomic E-state index is 12.3. The summed E-state index contributed by atoms with van der Waals surface area (Å²) in [5, 5.41) is 2.78. The molecule has 0 unspecified atom stereocenters. The van der Waals surface area contributed by atoms with E-state index in [1.807, 2.05) is 25.3 Å². The van der Waals surface area contributed by atoms with Crippen LogP contribution in [-0.2, 0) is 0 Å². The number of nitrogens with zero attached hydrogens (tertiary/aromatic N) is 4. The standard InChI is InChI=1S/C18H19N5O2/c1-11-12(2)23(13(3)21-11)18-19-9-15(10-20-18)22-17(24)14-6-5-7-16(8-14)25-4/h5-10H,1-4H3,(H,22,24). The monoisotopic (exact) mass is 337 g/mol. The third-order valence-corrected chi connectivity index (χ3v) is 3.94. The van der Waals surface area contributed by atoms with Crippen LogP contribution < -0.4 is 10.1 Å². The number of hydrogen-bond acceptors (Lipinski definition) is 5. The van der Waals surface area contributed by atoms with Gasteiger partial charge in [0.2, 0.25) is 5.95 Å². The number of nitrogens with one attached hydrogen (secondary N) is 1. The van der Waals surface area contributed by atoms with E-state index in [2.05, 4.69) is 20.3 Å². The zero-order chi connectivity index (χ0) is 18.0. The van der Waals surface area contributed by atoms with Crippen LogP contribution >= 0.6 is 0 Å². The van der Waals surface area contributed by atoms with Crippen molar-refractivity contribution >= 4 is 11.6 Å². The predicted molar refractivity (Wildman–Crippen MR) is 94.3 cm³/mol. The Hall–Kier alpha value is -3.22. The fourth-order valence-electron chi connectivity index (χ4n) is 2.54. The highest BCUT2D eigenvalue weighted by atomic mass is 16.5. The van der Waals surface area contributed by atoms with Crippen molar-refractivity contribution in [1.29, 1.82) is 0 Å². The summed E-state index contributed by atoms with van der Waals surface area (Å²) in [6, 6.07) is 6.94. The first-order valence-electron chi connectivity index (χ1n) is 7.80. The maximum Gasteiger partial charge on any atom is 0.255 e. The molecule has 7 heteroatoms. The van der Waals surface area contributed by atoms with Gasteiger partial charge in [-0.15, -0.1) is 0 Å². The van der Waals surface area contributed by atoms with Crippen LogP contribution in [-0.4, -0.2) is 32.5 Å². The van der Waals surface area contributed by atoms with Gasteiger partial charge in [-0.2, -0.15) is 0 Å². The van der Waals surface area contributed by atoms with Crippen molar-refractivity contribution in [2.75, 3.05) is 12.4 Å². The molecule has 1 amide bonds. The van der Waals surface area contributed by atoms with Gasteiger partial charge in [0.1, 0.15) is 11.6 Å². The summed E-state index contributed by atoms with van der Waals surface area (Å²) >= 11 is 0. The van der Waals surface area contributed by atoms with Gasteiger partial charge < -0.3 is 10.1 Å². The zero-order valence-corrected chi connectivity index (χ0v) is 14.6. The Morgan fingerprint density at radius 3 is 2.48 bits per heavy atom. The van der Waals surface area contributed by atoms with Crippen LogP contribution in [0, 0.1) is 20.8 Å². The number of aromatic nitrogens is 4. The molecule has 0 aliphatic carbocycles. The molecule has 1 N–H and O–H groups in total. The Kier molecular flexibility index (Phi) is 4.47. The second kappa shape index (κ2) is 6.72. The fraction of sp³-hybridized carbons (Fsp3) is 0.222. The third kappa shape index (κ3) is 3.35. The highest BCUT2D eigenvalue weighted by Crippen LogP contribution is 2.16. The number of rotatable bonds is 4. The Morgan fingerprint density at radius 2 is 1.88 bits per heavy atom. The lowest BCUT2D eigenvalue weighted by Gasteiger charge is -2.08. The average molecular weight is 337 g/mol. The minimum absolute atomic E-state index is 0.249. The number of amides is 1. The molecule has 0 saturated heterocycles. The van der Waals surface area contributed by atoms with Gasteiger partial charge in [0, 0.05) is 11.3 Å². The molecule has 0 aliphatic rings. The first kappa shape index (κ1) is 16.6. The molecule has 0 spiro atoms. The van der Waals surface area contributed by atoms with E-state index in [0.717, 1.165) is 17.2 Å². The van der Waals surface area contributed by atoms with Gasteiger partial charge in [-0.05, 0) is 39.0 Å². The SMILES string of the molecule is COc1cccc(C(=O)Nc2cnc(-n3c(C)nc(C)c3C)nc2)c1. The quantitative estimate of drug-likeness (QED) is 0.791. The Morgan fingerprint density at radius 1 is 1.16 bits per heavy atom. The van der Waals surface area contributed by atoms with Gasteiger partial charge in [0.15, 0.2) is 0 Å². The van der Waals surface area contributed by atoms with Crippen molar-refractivity contribution in [3.63, 3.8) is 0 Å². The number of methoxy groups -OCH3 is 1. The number of carbonyl (C=O) groups excluding carboxylic acids is 1. The predicted octanol–water partition coefficient (Wildman–Crippen LogP) is 2.85. The molecule has 0 aliphatic heterocycles. The zero-order valence-electron chi connectivity index (χ0n) is 14.6. The van der Waals surface area contributed by atoms with Gasteiger partial charge in [0.05, 0.1) is 30.9 Å². The van der Waals surface area contributed by atoms with Gasteiger partial charge in [-0.3, -0.25) is 9.36 Å². The number of ether oxygens (including phenoxy) is 1. The molecule has 0 atom stereocenters. The molecule has 2 aromatic heterocycles. The molecule has 3 aromatic rings. The molecule has 0 radical (unpaired) electrons. The summed E-state index contributed by atoms with van der Waals surface area (Å²) in [4.78, 5) is 25.4. The molecule has 7 nitrogen and oxygen atoms in total. The van der Waals surface area contributed by atoms with Crippen LogP contribution in [0.4, 0.5) is 5.69 Å². The highest BCUT2D eigenvalue weighted by Gasteiger charge is 2.12. The van der Waals surface area contributed by atoms with E-state index in [0.29, 0.717) is 22.9 Å². The topological polar surface area (TPSA) is 81.9 Å². The molecule has 0 bridgehead atoms. The van der Waals surface area contributed by atoms with Crippen LogP contribution in [0.3, 0.4) is 0 Å². The van der Waals surface area contributed by atoms with Crippen molar-refractivity contribution < 1.29 is 9.53 Å². The average Bonchev–Trinajstić information content (AvgIpc) is 2.88. The smallest absolute Gasteiger partial charge is 0.255 e. The van der Waals surface area contributed by atoms with Crippen molar-refractivity contribution in [2.24, 2.45) is 0 Å². The van der Waals surface area contributed by atoms with E-state index in [1.54, 1.807) is 43.8 Å². The van der Waals surface area contributed by atoms with Gasteiger partial charge in [-0.25, -0.2) is 15.0 Å². The Labute approximate surface area is 145 Å². The van der Waals surface area contributed by atoms with Crippen LogP contribution in [0.15, 0.2) is 36.7 Å². The van der Waals surface area contributed by atoms with Gasteiger partial charge >= 0.3 is 0 Å². The van der Waals surface area contributed by atoms with E-state index in [1.165, 1.54) is 0 Å². The molecular formula is C18H19N5O2. The number of hydrogen-bond donors (Lipinski definition) is 1. The van der Waals surface area contributed by atoms with Crippen LogP contribution in [0.5, 0.6) is 5.75 Å². The molecule has 0 saturated carbocycles. The van der Waals surface area contributed by atoms with E-state index < -0.39 is 0 Å². The van der Waals surface area contributed by atoms with Gasteiger partial charge in [0.25, 0.3) is 5.91 Å². The number of imidazole rings is 1. The normalized spacial score (nSPS) is 10.6. The molecule has 128 valence electrons. The lowest BCUT2D eigenvalue weighted by molar-refractivity contribution is 0.102. The van der Waals surface area contributed by atoms with E-state index in [9.17, 15) is 4.79 Å². The molecule has 3 rings (SSSR count). The number of anilines is 1. The minimum atomic E-state index is -0.249. The van der Waals surface area contributed by atoms with Crippen molar-refractivity contribution in [1.82, 2.24) is 19.5 Å². The van der Waals surface area contributed by atoms with Crippen LogP contribution in [0.2, 0.25) is 0 Å². The Bertz CT molecular complexity index is 916. The summed E-state index contributed by atoms with van der Waals surface area (Å²) in [7, 11) is 1.56. The van der Waals surface area contributed by atoms with Crippen LogP contribution in [0.1, 0.15) is 27.6 Å². The molecule has 1 aromatic carbocycles. The van der Waals surface area contributed by atoms with Crippen LogP contribution in [0.25, 0.3) is 5.95 Å². The summed E-state index contributed by atoms with van der Waals surface area (Å²) in [5.74, 6) is 1.72. The molecule has 2 heterocycles. The largest absolute Gasteiger partial charge is 0.497 e. The Balaban J connectivity index is 1.79. The first-order chi connectivity index (χ1) is 12.0. The number of benzene rings is 1. The molecule has 0 fully saturated rings. The molecular weight excluding hydrogens is 318 g/mol. The van der Waals surface area contributed by atoms with Crippen molar-refractivity contribution in [3.05, 3.63) is 59.4 Å². The second-order valence-electron chi connectivity index (χ2n) is 5.62. The first-order valence-corrected chi connectivity index (χ1v) is 7.80. The number of aryl methyl sites for hydroxylation is 2. The summed E-state index contributed by atoms with van der Waals surface area (Å²) < 4.78 is 7.01. The lowest BCUT2D eigenvalue weighted by Crippen LogP contribution is -2.13. The molecule has 25 heavy (non-hydrogen) atoms. The number of carbonyl (C=O) groups is 1. The summed E-state index contributed by atoms with van der Waals surface area (Å²) in [6.45, 7) is 5.82. The van der Waals surface area contributed by atoms with Crippen molar-refractivity contribution in [3.8, 4) is 11.7 Å². The fourth-order valence-corrected chi connectivity index (χ4v) is 2.54. The van der Waals surface area contributed by atoms with E-state index >= 15 is 0 Å².